The Hall–Kier alpha value is -3.09. The number of amides is 2. The molecule has 1 heterocycles. The molecular weight excluding hydrogens is 276 g/mol. The number of rotatable bonds is 3. The Morgan fingerprint density at radius 3 is 2.14 bits per heavy atom. The maximum atomic E-state index is 11.8. The highest BCUT2D eigenvalue weighted by Gasteiger charge is 2.12. The van der Waals surface area contributed by atoms with Crippen molar-refractivity contribution in [2.45, 2.75) is 0 Å². The molecule has 2 N–H and O–H groups in total. The van der Waals surface area contributed by atoms with E-state index in [1.807, 2.05) is 0 Å². The standard InChI is InChI=1S/C14H12N2O5/c1-20-14(19)10-6-4-9(5-7-10)12(17)15-16-13(18)11-3-2-8-21-11/h2-8H,1H3,(H,15,17)(H,16,18). The fourth-order valence-electron chi connectivity index (χ4n) is 1.53. The van der Waals surface area contributed by atoms with Crippen LogP contribution in [0.25, 0.3) is 0 Å². The van der Waals surface area contributed by atoms with Gasteiger partial charge in [0.05, 0.1) is 18.9 Å². The quantitative estimate of drug-likeness (QED) is 0.652. The lowest BCUT2D eigenvalue weighted by Crippen LogP contribution is -2.41. The van der Waals surface area contributed by atoms with Gasteiger partial charge in [0.1, 0.15) is 0 Å². The van der Waals surface area contributed by atoms with E-state index in [2.05, 4.69) is 15.6 Å². The molecule has 0 spiro atoms. The zero-order valence-corrected chi connectivity index (χ0v) is 11.1. The van der Waals surface area contributed by atoms with Crippen molar-refractivity contribution < 1.29 is 23.5 Å². The number of hydrogen-bond donors (Lipinski definition) is 2. The summed E-state index contributed by atoms with van der Waals surface area (Å²) in [6.07, 6.45) is 1.35. The lowest BCUT2D eigenvalue weighted by atomic mass is 10.1. The van der Waals surface area contributed by atoms with Gasteiger partial charge in [-0.05, 0) is 36.4 Å². The SMILES string of the molecule is COC(=O)c1ccc(C(=O)NNC(=O)c2ccco2)cc1. The Kier molecular flexibility index (Phi) is 4.35. The van der Waals surface area contributed by atoms with E-state index in [0.717, 1.165) is 0 Å². The molecule has 108 valence electrons. The van der Waals surface area contributed by atoms with E-state index >= 15 is 0 Å². The molecule has 0 bridgehead atoms. The summed E-state index contributed by atoms with van der Waals surface area (Å²) in [5, 5.41) is 0. The smallest absolute Gasteiger partial charge is 0.337 e. The first-order valence-corrected chi connectivity index (χ1v) is 5.94. The van der Waals surface area contributed by atoms with Crippen LogP contribution in [0.3, 0.4) is 0 Å². The van der Waals surface area contributed by atoms with Gasteiger partial charge in [-0.2, -0.15) is 0 Å². The molecule has 0 saturated heterocycles. The molecule has 7 nitrogen and oxygen atoms in total. The molecule has 1 aromatic carbocycles. The largest absolute Gasteiger partial charge is 0.465 e. The molecule has 0 aliphatic carbocycles. The zero-order valence-electron chi connectivity index (χ0n) is 11.1. The maximum Gasteiger partial charge on any atom is 0.337 e. The van der Waals surface area contributed by atoms with Crippen LogP contribution in [-0.2, 0) is 4.74 Å². The van der Waals surface area contributed by atoms with Crippen LogP contribution in [0, 0.1) is 0 Å². The van der Waals surface area contributed by atoms with Gasteiger partial charge >= 0.3 is 11.9 Å². The number of furan rings is 1. The second kappa shape index (κ2) is 6.38. The molecule has 0 fully saturated rings. The number of carbonyl (C=O) groups excluding carboxylic acids is 3. The van der Waals surface area contributed by atoms with Crippen LogP contribution in [0.15, 0.2) is 47.1 Å². The second-order valence-corrected chi connectivity index (χ2v) is 3.95. The summed E-state index contributed by atoms with van der Waals surface area (Å²) in [6.45, 7) is 0. The van der Waals surface area contributed by atoms with Crippen LogP contribution in [0.5, 0.6) is 0 Å². The van der Waals surface area contributed by atoms with Crippen molar-refractivity contribution in [2.24, 2.45) is 0 Å². The Morgan fingerprint density at radius 2 is 1.57 bits per heavy atom. The third kappa shape index (κ3) is 3.47. The van der Waals surface area contributed by atoms with E-state index in [-0.39, 0.29) is 11.3 Å². The Morgan fingerprint density at radius 1 is 0.952 bits per heavy atom. The summed E-state index contributed by atoms with van der Waals surface area (Å²) in [5.41, 5.74) is 5.05. The van der Waals surface area contributed by atoms with Gasteiger partial charge in [0.15, 0.2) is 5.76 Å². The number of esters is 1. The van der Waals surface area contributed by atoms with Gasteiger partial charge < -0.3 is 9.15 Å². The van der Waals surface area contributed by atoms with E-state index in [1.54, 1.807) is 6.07 Å². The van der Waals surface area contributed by atoms with Gasteiger partial charge in [0.25, 0.3) is 5.91 Å². The third-order valence-electron chi connectivity index (χ3n) is 2.60. The van der Waals surface area contributed by atoms with Gasteiger partial charge in [-0.3, -0.25) is 20.4 Å². The van der Waals surface area contributed by atoms with Crippen molar-refractivity contribution in [3.63, 3.8) is 0 Å². The molecule has 0 aliphatic rings. The average molecular weight is 288 g/mol. The topological polar surface area (TPSA) is 97.6 Å². The average Bonchev–Trinajstić information content (AvgIpc) is 3.06. The van der Waals surface area contributed by atoms with E-state index in [4.69, 9.17) is 4.42 Å². The predicted molar refractivity (Wildman–Crippen MR) is 71.4 cm³/mol. The molecule has 21 heavy (non-hydrogen) atoms. The summed E-state index contributed by atoms with van der Waals surface area (Å²) in [6, 6.07) is 8.82. The van der Waals surface area contributed by atoms with Crippen LogP contribution in [0.4, 0.5) is 0 Å². The summed E-state index contributed by atoms with van der Waals surface area (Å²) >= 11 is 0. The van der Waals surface area contributed by atoms with E-state index in [0.29, 0.717) is 5.56 Å². The first-order valence-electron chi connectivity index (χ1n) is 5.94. The van der Waals surface area contributed by atoms with Crippen molar-refractivity contribution >= 4 is 17.8 Å². The van der Waals surface area contributed by atoms with Gasteiger partial charge in [0.2, 0.25) is 0 Å². The van der Waals surface area contributed by atoms with Gasteiger partial charge in [-0.1, -0.05) is 0 Å². The Labute approximate surface area is 119 Å². The van der Waals surface area contributed by atoms with Crippen LogP contribution in [-0.4, -0.2) is 24.9 Å². The van der Waals surface area contributed by atoms with Crippen LogP contribution in [0.1, 0.15) is 31.3 Å². The minimum absolute atomic E-state index is 0.0799. The first-order chi connectivity index (χ1) is 10.1. The molecule has 7 heteroatoms. The number of benzene rings is 1. The van der Waals surface area contributed by atoms with E-state index in [1.165, 1.54) is 43.7 Å². The number of ether oxygens (including phenoxy) is 1. The molecule has 0 radical (unpaired) electrons. The third-order valence-corrected chi connectivity index (χ3v) is 2.60. The van der Waals surface area contributed by atoms with Crippen LogP contribution >= 0.6 is 0 Å². The predicted octanol–water partition coefficient (Wildman–Crippen LogP) is 1.14. The minimum atomic E-state index is -0.570. The summed E-state index contributed by atoms with van der Waals surface area (Å²) < 4.78 is 9.42. The Bertz CT molecular complexity index is 647. The number of hydrogen-bond acceptors (Lipinski definition) is 5. The first kappa shape index (κ1) is 14.3. The Balaban J connectivity index is 1.94. The zero-order chi connectivity index (χ0) is 15.2. The van der Waals surface area contributed by atoms with Crippen molar-refractivity contribution in [3.05, 3.63) is 59.5 Å². The molecule has 2 amide bonds. The molecule has 0 aliphatic heterocycles. The summed E-state index contributed by atoms with van der Waals surface area (Å²) in [5.74, 6) is -1.50. The van der Waals surface area contributed by atoms with Crippen LogP contribution in [0.2, 0.25) is 0 Å². The van der Waals surface area contributed by atoms with Gasteiger partial charge in [0, 0.05) is 5.56 Å². The summed E-state index contributed by atoms with van der Waals surface area (Å²) in [4.78, 5) is 34.6. The van der Waals surface area contributed by atoms with Crippen LogP contribution < -0.4 is 10.9 Å². The highest BCUT2D eigenvalue weighted by Crippen LogP contribution is 2.05. The monoisotopic (exact) mass is 288 g/mol. The van der Waals surface area contributed by atoms with Crippen molar-refractivity contribution in [3.8, 4) is 0 Å². The van der Waals surface area contributed by atoms with Crippen molar-refractivity contribution in [1.82, 2.24) is 10.9 Å². The molecule has 0 atom stereocenters. The minimum Gasteiger partial charge on any atom is -0.465 e. The fraction of sp³-hybridized carbons (Fsp3) is 0.0714. The molecule has 0 saturated carbocycles. The molecule has 2 aromatic rings. The highest BCUT2D eigenvalue weighted by atomic mass is 16.5. The number of hydrazine groups is 1. The number of nitrogens with one attached hydrogen (secondary N) is 2. The van der Waals surface area contributed by atoms with Crippen molar-refractivity contribution in [1.29, 1.82) is 0 Å². The lowest BCUT2D eigenvalue weighted by molar-refractivity contribution is 0.0600. The van der Waals surface area contributed by atoms with E-state index < -0.39 is 17.8 Å². The number of carbonyl (C=O) groups is 3. The van der Waals surface area contributed by atoms with Gasteiger partial charge in [-0.15, -0.1) is 0 Å². The lowest BCUT2D eigenvalue weighted by Gasteiger charge is -2.06. The normalized spacial score (nSPS) is 9.76. The van der Waals surface area contributed by atoms with E-state index in [9.17, 15) is 14.4 Å². The maximum absolute atomic E-state index is 11.8. The highest BCUT2D eigenvalue weighted by molar-refractivity contribution is 5.98. The molecule has 2 rings (SSSR count). The molecule has 1 aromatic heterocycles. The fourth-order valence-corrected chi connectivity index (χ4v) is 1.53. The molecule has 0 unspecified atom stereocenters. The summed E-state index contributed by atoms with van der Waals surface area (Å²) in [7, 11) is 1.27. The molecular formula is C14H12N2O5. The second-order valence-electron chi connectivity index (χ2n) is 3.95. The van der Waals surface area contributed by atoms with Crippen molar-refractivity contribution in [2.75, 3.05) is 7.11 Å². The number of methoxy groups -OCH3 is 1. The van der Waals surface area contributed by atoms with Gasteiger partial charge in [-0.25, -0.2) is 4.79 Å².